The molecule has 2 unspecified atom stereocenters. The molecule has 0 saturated carbocycles. The molecule has 2 atom stereocenters. The van der Waals surface area contributed by atoms with E-state index in [1.165, 1.54) is 5.56 Å². The average molecular weight is 432 g/mol. The van der Waals surface area contributed by atoms with Gasteiger partial charge in [-0.1, -0.05) is 72.3 Å². The van der Waals surface area contributed by atoms with E-state index < -0.39 is 6.04 Å². The van der Waals surface area contributed by atoms with E-state index in [1.54, 1.807) is 4.68 Å². The maximum absolute atomic E-state index is 13.0. The highest BCUT2D eigenvalue weighted by Gasteiger charge is 2.22. The van der Waals surface area contributed by atoms with Crippen molar-refractivity contribution in [3.63, 3.8) is 0 Å². The number of carbonyl (C=O) groups is 1. The predicted octanol–water partition coefficient (Wildman–Crippen LogP) is 6.06. The summed E-state index contributed by atoms with van der Waals surface area (Å²) in [6, 6.07) is 25.6. The first-order chi connectivity index (χ1) is 15.0. The van der Waals surface area contributed by atoms with E-state index in [-0.39, 0.29) is 11.9 Å². The fourth-order valence-electron chi connectivity index (χ4n) is 3.79. The van der Waals surface area contributed by atoms with Gasteiger partial charge in [0.25, 0.3) is 0 Å². The van der Waals surface area contributed by atoms with Crippen molar-refractivity contribution < 1.29 is 4.79 Å². The summed E-state index contributed by atoms with van der Waals surface area (Å²) in [7, 11) is 0. The van der Waals surface area contributed by atoms with Gasteiger partial charge in [0.15, 0.2) is 0 Å². The summed E-state index contributed by atoms with van der Waals surface area (Å²) in [6.45, 7) is 3.93. The standard InChI is InChI=1S/C26H26ClN3O/c1-18(13-14-20-9-5-3-6-10-20)28-26(31)19(2)30-24-16-15-22(27)17-23(24)25(29-30)21-11-7-4-8-12-21/h3-12,15-19H,13-14H2,1-2H3,(H,28,31). The molecule has 0 bridgehead atoms. The zero-order valence-electron chi connectivity index (χ0n) is 17.8. The molecule has 4 aromatic rings. The Hall–Kier alpha value is -3.11. The second-order valence-corrected chi connectivity index (χ2v) is 8.37. The number of nitrogens with one attached hydrogen (secondary N) is 1. The molecule has 1 heterocycles. The van der Waals surface area contributed by atoms with Crippen LogP contribution in [-0.4, -0.2) is 21.7 Å². The summed E-state index contributed by atoms with van der Waals surface area (Å²) in [5.41, 5.74) is 3.99. The zero-order valence-corrected chi connectivity index (χ0v) is 18.5. The molecule has 0 radical (unpaired) electrons. The van der Waals surface area contributed by atoms with Crippen molar-refractivity contribution in [1.29, 1.82) is 0 Å². The Balaban J connectivity index is 1.54. The molecule has 0 saturated heterocycles. The molecule has 4 nitrogen and oxygen atoms in total. The van der Waals surface area contributed by atoms with Crippen LogP contribution in [0, 0.1) is 0 Å². The molecular weight excluding hydrogens is 406 g/mol. The van der Waals surface area contributed by atoms with E-state index >= 15 is 0 Å². The van der Waals surface area contributed by atoms with E-state index in [0.29, 0.717) is 5.02 Å². The maximum Gasteiger partial charge on any atom is 0.244 e. The van der Waals surface area contributed by atoms with Crippen molar-refractivity contribution >= 4 is 28.4 Å². The molecule has 5 heteroatoms. The van der Waals surface area contributed by atoms with Gasteiger partial charge < -0.3 is 5.32 Å². The zero-order chi connectivity index (χ0) is 21.8. The van der Waals surface area contributed by atoms with Crippen LogP contribution < -0.4 is 5.32 Å². The number of carbonyl (C=O) groups excluding carboxylic acids is 1. The van der Waals surface area contributed by atoms with Crippen LogP contribution >= 0.6 is 11.6 Å². The number of fused-ring (bicyclic) bond motifs is 1. The second kappa shape index (κ2) is 9.36. The lowest BCUT2D eigenvalue weighted by atomic mass is 10.1. The van der Waals surface area contributed by atoms with E-state index in [2.05, 4.69) is 17.4 Å². The van der Waals surface area contributed by atoms with Crippen LogP contribution in [0.15, 0.2) is 78.9 Å². The third kappa shape index (κ3) is 4.80. The Morgan fingerprint density at radius 1 is 1.00 bits per heavy atom. The van der Waals surface area contributed by atoms with Crippen molar-refractivity contribution in [3.8, 4) is 11.3 Å². The molecule has 0 aliphatic heterocycles. The third-order valence-corrected chi connectivity index (χ3v) is 5.79. The number of hydrogen-bond acceptors (Lipinski definition) is 2. The minimum absolute atomic E-state index is 0.0421. The van der Waals surface area contributed by atoms with Crippen molar-refractivity contribution in [1.82, 2.24) is 15.1 Å². The normalized spacial score (nSPS) is 13.1. The molecule has 0 spiro atoms. The summed E-state index contributed by atoms with van der Waals surface area (Å²) in [5.74, 6) is -0.0421. The minimum Gasteiger partial charge on any atom is -0.352 e. The lowest BCUT2D eigenvalue weighted by Crippen LogP contribution is -2.37. The van der Waals surface area contributed by atoms with Gasteiger partial charge in [-0.3, -0.25) is 9.48 Å². The fraction of sp³-hybridized carbons (Fsp3) is 0.231. The van der Waals surface area contributed by atoms with Gasteiger partial charge in [0.2, 0.25) is 5.91 Å². The van der Waals surface area contributed by atoms with E-state index in [4.69, 9.17) is 16.7 Å². The van der Waals surface area contributed by atoms with Crippen LogP contribution in [0.3, 0.4) is 0 Å². The van der Waals surface area contributed by atoms with Crippen molar-refractivity contribution in [3.05, 3.63) is 89.4 Å². The fourth-order valence-corrected chi connectivity index (χ4v) is 3.96. The molecule has 3 aromatic carbocycles. The second-order valence-electron chi connectivity index (χ2n) is 7.93. The largest absolute Gasteiger partial charge is 0.352 e. The summed E-state index contributed by atoms with van der Waals surface area (Å²) in [6.07, 6.45) is 1.81. The monoisotopic (exact) mass is 431 g/mol. The van der Waals surface area contributed by atoms with Crippen LogP contribution in [-0.2, 0) is 11.2 Å². The van der Waals surface area contributed by atoms with Gasteiger partial charge in [-0.05, 0) is 50.5 Å². The Kier molecular flexibility index (Phi) is 6.38. The van der Waals surface area contributed by atoms with Gasteiger partial charge in [0, 0.05) is 22.0 Å². The number of aromatic nitrogens is 2. The Morgan fingerprint density at radius 3 is 2.39 bits per heavy atom. The first-order valence-electron chi connectivity index (χ1n) is 10.6. The quantitative estimate of drug-likeness (QED) is 0.387. The van der Waals surface area contributed by atoms with Gasteiger partial charge >= 0.3 is 0 Å². The first-order valence-corrected chi connectivity index (χ1v) is 11.0. The number of hydrogen-bond donors (Lipinski definition) is 1. The van der Waals surface area contributed by atoms with Gasteiger partial charge in [-0.15, -0.1) is 0 Å². The third-order valence-electron chi connectivity index (χ3n) is 5.56. The van der Waals surface area contributed by atoms with Crippen molar-refractivity contribution in [2.75, 3.05) is 0 Å². The highest BCUT2D eigenvalue weighted by Crippen LogP contribution is 2.31. The van der Waals surface area contributed by atoms with Gasteiger partial charge in [0.1, 0.15) is 11.7 Å². The van der Waals surface area contributed by atoms with Crippen molar-refractivity contribution in [2.45, 2.75) is 38.8 Å². The lowest BCUT2D eigenvalue weighted by molar-refractivity contribution is -0.124. The number of aryl methyl sites for hydroxylation is 1. The molecule has 4 rings (SSSR count). The molecule has 158 valence electrons. The summed E-state index contributed by atoms with van der Waals surface area (Å²) >= 11 is 6.27. The van der Waals surface area contributed by atoms with Gasteiger partial charge in [-0.2, -0.15) is 5.10 Å². The highest BCUT2D eigenvalue weighted by atomic mass is 35.5. The average Bonchev–Trinajstić information content (AvgIpc) is 3.17. The molecule has 0 aliphatic rings. The maximum atomic E-state index is 13.0. The van der Waals surface area contributed by atoms with Gasteiger partial charge in [-0.25, -0.2) is 0 Å². The number of benzene rings is 3. The Labute approximate surface area is 187 Å². The first kappa shape index (κ1) is 21.1. The molecular formula is C26H26ClN3O. The van der Waals surface area contributed by atoms with Crippen LogP contribution in [0.5, 0.6) is 0 Å². The Bertz CT molecular complexity index is 1170. The van der Waals surface area contributed by atoms with E-state index in [9.17, 15) is 4.79 Å². The summed E-state index contributed by atoms with van der Waals surface area (Å²) < 4.78 is 1.80. The van der Waals surface area contributed by atoms with Crippen molar-refractivity contribution in [2.24, 2.45) is 0 Å². The van der Waals surface area contributed by atoms with Gasteiger partial charge in [0.05, 0.1) is 5.52 Å². The number of amides is 1. The van der Waals surface area contributed by atoms with Crippen LogP contribution in [0.2, 0.25) is 5.02 Å². The molecule has 1 N–H and O–H groups in total. The SMILES string of the molecule is CC(CCc1ccccc1)NC(=O)C(C)n1nc(-c2ccccc2)c2cc(Cl)ccc21. The summed E-state index contributed by atoms with van der Waals surface area (Å²) in [4.78, 5) is 13.0. The number of rotatable bonds is 7. The van der Waals surface area contributed by atoms with E-state index in [1.807, 2.05) is 80.6 Å². The molecule has 1 aromatic heterocycles. The van der Waals surface area contributed by atoms with E-state index in [0.717, 1.165) is 35.0 Å². The predicted molar refractivity (Wildman–Crippen MR) is 127 cm³/mol. The number of nitrogens with zero attached hydrogens (tertiary/aromatic N) is 2. The highest BCUT2D eigenvalue weighted by molar-refractivity contribution is 6.31. The topological polar surface area (TPSA) is 46.9 Å². The Morgan fingerprint density at radius 2 is 1.68 bits per heavy atom. The van der Waals surface area contributed by atoms with Crippen LogP contribution in [0.1, 0.15) is 31.9 Å². The molecule has 0 fully saturated rings. The smallest absolute Gasteiger partial charge is 0.244 e. The van der Waals surface area contributed by atoms with Crippen LogP contribution in [0.25, 0.3) is 22.2 Å². The molecule has 0 aliphatic carbocycles. The minimum atomic E-state index is -0.444. The molecule has 1 amide bonds. The summed E-state index contributed by atoms with van der Waals surface area (Å²) in [5, 5.41) is 9.56. The molecule has 31 heavy (non-hydrogen) atoms. The van der Waals surface area contributed by atoms with Crippen LogP contribution in [0.4, 0.5) is 0 Å². The lowest BCUT2D eigenvalue weighted by Gasteiger charge is -2.18. The number of halogens is 1.